The summed E-state index contributed by atoms with van der Waals surface area (Å²) in [5.74, 6) is 1.05. The number of nitrogens with zero attached hydrogens (tertiary/aromatic N) is 2. The minimum absolute atomic E-state index is 0.514. The fourth-order valence-electron chi connectivity index (χ4n) is 3.26. The van der Waals surface area contributed by atoms with E-state index in [9.17, 15) is 0 Å². The summed E-state index contributed by atoms with van der Waals surface area (Å²) in [4.78, 5) is 0. The molecule has 0 aliphatic heterocycles. The molecule has 26 heavy (non-hydrogen) atoms. The number of benzene rings is 4. The molecule has 0 N–H and O–H groups in total. The van der Waals surface area contributed by atoms with E-state index < -0.39 is 0 Å². The van der Waals surface area contributed by atoms with Crippen molar-refractivity contribution >= 4 is 21.5 Å². The molecule has 122 valence electrons. The zero-order valence-electron chi connectivity index (χ0n) is 13.6. The average Bonchev–Trinajstić information content (AvgIpc) is 2.68. The van der Waals surface area contributed by atoms with E-state index in [1.54, 1.807) is 18.6 Å². The van der Waals surface area contributed by atoms with Gasteiger partial charge in [-0.2, -0.15) is 0 Å². The molecule has 4 heteroatoms. The molecule has 0 aliphatic rings. The molecule has 0 spiro atoms. The average molecular weight is 336 g/mol. The molecule has 4 rings (SSSR count). The summed E-state index contributed by atoms with van der Waals surface area (Å²) in [6, 6.07) is 23.2. The maximum absolute atomic E-state index is 8.87. The lowest BCUT2D eigenvalue weighted by molar-refractivity contribution is 0.508. The second kappa shape index (κ2) is 6.47. The highest BCUT2D eigenvalue weighted by atomic mass is 16.5. The summed E-state index contributed by atoms with van der Waals surface area (Å²) in [6.07, 6.45) is 3.44. The lowest BCUT2D eigenvalue weighted by atomic mass is 9.93. The number of ether oxygens (including phenoxy) is 2. The van der Waals surface area contributed by atoms with Gasteiger partial charge in [0.05, 0.1) is 0 Å². The van der Waals surface area contributed by atoms with Crippen LogP contribution in [0.15, 0.2) is 72.8 Å². The number of fused-ring (bicyclic) bond motifs is 2. The van der Waals surface area contributed by atoms with Crippen molar-refractivity contribution in [2.45, 2.75) is 0 Å². The molecule has 4 aromatic rings. The smallest absolute Gasteiger partial charge is 0.292 e. The van der Waals surface area contributed by atoms with E-state index in [0.717, 1.165) is 32.7 Å². The van der Waals surface area contributed by atoms with E-state index >= 15 is 0 Å². The van der Waals surface area contributed by atoms with E-state index in [4.69, 9.17) is 20.0 Å². The molecule has 0 aromatic heterocycles. The summed E-state index contributed by atoms with van der Waals surface area (Å²) in [5, 5.41) is 21.5. The van der Waals surface area contributed by atoms with Gasteiger partial charge in [0.2, 0.25) is 0 Å². The first kappa shape index (κ1) is 15.5. The molecule has 0 heterocycles. The third-order valence-corrected chi connectivity index (χ3v) is 4.35. The Labute approximate surface area is 150 Å². The summed E-state index contributed by atoms with van der Waals surface area (Å²) >= 11 is 0. The van der Waals surface area contributed by atoms with Crippen LogP contribution in [0.25, 0.3) is 32.7 Å². The Kier molecular flexibility index (Phi) is 3.86. The van der Waals surface area contributed by atoms with Gasteiger partial charge in [-0.25, -0.2) is 0 Å². The molecule has 0 fully saturated rings. The first-order valence-corrected chi connectivity index (χ1v) is 7.98. The monoisotopic (exact) mass is 336 g/mol. The van der Waals surface area contributed by atoms with Crippen molar-refractivity contribution in [3.63, 3.8) is 0 Å². The maximum Gasteiger partial charge on any atom is 0.292 e. The lowest BCUT2D eigenvalue weighted by Crippen LogP contribution is -1.89. The van der Waals surface area contributed by atoms with Crippen molar-refractivity contribution in [2.75, 3.05) is 0 Å². The Hall–Kier alpha value is -4.02. The highest BCUT2D eigenvalue weighted by Crippen LogP contribution is 2.38. The van der Waals surface area contributed by atoms with Gasteiger partial charge in [-0.1, -0.05) is 48.5 Å². The first-order chi connectivity index (χ1) is 12.8. The van der Waals surface area contributed by atoms with E-state index in [-0.39, 0.29) is 0 Å². The Morgan fingerprint density at radius 3 is 2.19 bits per heavy atom. The number of hydrogen-bond acceptors (Lipinski definition) is 4. The predicted molar refractivity (Wildman–Crippen MR) is 99.4 cm³/mol. The summed E-state index contributed by atoms with van der Waals surface area (Å²) in [7, 11) is 0. The van der Waals surface area contributed by atoms with Crippen molar-refractivity contribution in [2.24, 2.45) is 0 Å². The van der Waals surface area contributed by atoms with Gasteiger partial charge in [-0.05, 0) is 51.6 Å². The van der Waals surface area contributed by atoms with Crippen LogP contribution in [0.5, 0.6) is 11.5 Å². The van der Waals surface area contributed by atoms with Gasteiger partial charge in [0, 0.05) is 5.39 Å². The topological polar surface area (TPSA) is 66.0 Å². The minimum Gasteiger partial charge on any atom is -0.388 e. The van der Waals surface area contributed by atoms with E-state index in [0.29, 0.717) is 11.5 Å². The Morgan fingerprint density at radius 2 is 1.38 bits per heavy atom. The standard InChI is InChI=1S/C22H12N2O2/c23-13-25-16-8-9-17-15(12-16)4-3-7-18(17)20-10-11-22(26-14-24)21-6-2-1-5-19(20)21/h1-12H. The van der Waals surface area contributed by atoms with E-state index in [1.165, 1.54) is 0 Å². The fraction of sp³-hybridized carbons (Fsp3) is 0. The van der Waals surface area contributed by atoms with Crippen molar-refractivity contribution < 1.29 is 9.47 Å². The molecule has 4 nitrogen and oxygen atoms in total. The lowest BCUT2D eigenvalue weighted by Gasteiger charge is -2.12. The third kappa shape index (κ3) is 2.56. The molecule has 0 aliphatic carbocycles. The van der Waals surface area contributed by atoms with E-state index in [1.807, 2.05) is 60.7 Å². The predicted octanol–water partition coefficient (Wildman–Crippen LogP) is 5.38. The van der Waals surface area contributed by atoms with Crippen LogP contribution in [0.3, 0.4) is 0 Å². The molecule has 0 saturated carbocycles. The van der Waals surface area contributed by atoms with Gasteiger partial charge in [0.1, 0.15) is 11.5 Å². The summed E-state index contributed by atoms with van der Waals surface area (Å²) in [6.45, 7) is 0. The van der Waals surface area contributed by atoms with Crippen LogP contribution < -0.4 is 9.47 Å². The number of rotatable bonds is 3. The summed E-state index contributed by atoms with van der Waals surface area (Å²) < 4.78 is 10.0. The first-order valence-electron chi connectivity index (χ1n) is 7.98. The number of hydrogen-bond donors (Lipinski definition) is 0. The minimum atomic E-state index is 0.514. The quantitative estimate of drug-likeness (QED) is 0.471. The van der Waals surface area contributed by atoms with Crippen molar-refractivity contribution in [1.82, 2.24) is 0 Å². The van der Waals surface area contributed by atoms with Crippen LogP contribution in [0.4, 0.5) is 0 Å². The Bertz CT molecular complexity index is 1220. The van der Waals surface area contributed by atoms with Gasteiger partial charge in [0.25, 0.3) is 12.5 Å². The van der Waals surface area contributed by atoms with Gasteiger partial charge in [-0.3, -0.25) is 0 Å². The second-order valence-electron chi connectivity index (χ2n) is 5.73. The normalized spacial score (nSPS) is 10.2. The molecule has 0 unspecified atom stereocenters. The zero-order valence-corrected chi connectivity index (χ0v) is 13.6. The van der Waals surface area contributed by atoms with Gasteiger partial charge < -0.3 is 9.47 Å². The van der Waals surface area contributed by atoms with Crippen LogP contribution >= 0.6 is 0 Å². The van der Waals surface area contributed by atoms with Crippen molar-refractivity contribution in [1.29, 1.82) is 10.5 Å². The van der Waals surface area contributed by atoms with Crippen molar-refractivity contribution in [3.8, 4) is 35.1 Å². The van der Waals surface area contributed by atoms with Crippen LogP contribution in [-0.4, -0.2) is 0 Å². The highest BCUT2D eigenvalue weighted by Gasteiger charge is 2.11. The maximum atomic E-state index is 8.87. The molecule has 0 saturated heterocycles. The highest BCUT2D eigenvalue weighted by molar-refractivity contribution is 6.07. The number of nitriles is 2. The Balaban J connectivity index is 1.98. The molecule has 0 radical (unpaired) electrons. The van der Waals surface area contributed by atoms with Crippen LogP contribution in [0.1, 0.15) is 0 Å². The molecule has 4 aromatic carbocycles. The molecule has 0 atom stereocenters. The largest absolute Gasteiger partial charge is 0.388 e. The fourth-order valence-corrected chi connectivity index (χ4v) is 3.26. The second-order valence-corrected chi connectivity index (χ2v) is 5.73. The van der Waals surface area contributed by atoms with E-state index in [2.05, 4.69) is 6.07 Å². The molecular formula is C22H12N2O2. The van der Waals surface area contributed by atoms with Crippen LogP contribution in [0.2, 0.25) is 0 Å². The van der Waals surface area contributed by atoms with Gasteiger partial charge in [0.15, 0.2) is 0 Å². The summed E-state index contributed by atoms with van der Waals surface area (Å²) in [5.41, 5.74) is 2.11. The third-order valence-electron chi connectivity index (χ3n) is 4.35. The molecule has 0 bridgehead atoms. The molecule has 0 amide bonds. The Morgan fingerprint density at radius 1 is 0.615 bits per heavy atom. The molecular weight excluding hydrogens is 324 g/mol. The zero-order chi connectivity index (χ0) is 17.9. The van der Waals surface area contributed by atoms with Crippen molar-refractivity contribution in [3.05, 3.63) is 72.8 Å². The SMILES string of the molecule is N#COc1ccc2c(-c3ccc(OC#N)c4ccccc34)cccc2c1. The van der Waals surface area contributed by atoms with Gasteiger partial charge in [-0.15, -0.1) is 10.5 Å². The van der Waals surface area contributed by atoms with Crippen LogP contribution in [0, 0.1) is 23.0 Å². The van der Waals surface area contributed by atoms with Crippen LogP contribution in [-0.2, 0) is 0 Å². The van der Waals surface area contributed by atoms with Gasteiger partial charge >= 0.3 is 0 Å².